The van der Waals surface area contributed by atoms with E-state index in [4.69, 9.17) is 0 Å². The van der Waals surface area contributed by atoms with Crippen molar-refractivity contribution >= 4 is 5.82 Å². The summed E-state index contributed by atoms with van der Waals surface area (Å²) in [6, 6.07) is 9.42. The van der Waals surface area contributed by atoms with Crippen LogP contribution in [0.3, 0.4) is 0 Å². The van der Waals surface area contributed by atoms with Crippen LogP contribution in [-0.4, -0.2) is 17.0 Å². The Morgan fingerprint density at radius 1 is 1.29 bits per heavy atom. The van der Waals surface area contributed by atoms with E-state index in [-0.39, 0.29) is 5.82 Å². The number of hydrogen-bond acceptors (Lipinski definition) is 2. The van der Waals surface area contributed by atoms with Gasteiger partial charge in [-0.3, -0.25) is 0 Å². The Morgan fingerprint density at radius 2 is 2.00 bits per heavy atom. The lowest BCUT2D eigenvalue weighted by Crippen LogP contribution is -1.90. The van der Waals surface area contributed by atoms with E-state index in [9.17, 15) is 4.39 Å². The number of hydrogen-bond donors (Lipinski definition) is 2. The van der Waals surface area contributed by atoms with Crippen LogP contribution in [0.4, 0.5) is 10.2 Å². The van der Waals surface area contributed by atoms with Gasteiger partial charge in [0.25, 0.3) is 0 Å². The molecular formula is C10H10FN3. The van der Waals surface area contributed by atoms with E-state index < -0.39 is 5.95 Å². The van der Waals surface area contributed by atoms with Gasteiger partial charge in [0.05, 0.1) is 0 Å². The summed E-state index contributed by atoms with van der Waals surface area (Å²) >= 11 is 0. The number of aromatic nitrogens is 2. The first kappa shape index (κ1) is 8.74. The second-order valence-corrected chi connectivity index (χ2v) is 2.86. The van der Waals surface area contributed by atoms with Gasteiger partial charge in [-0.2, -0.15) is 4.39 Å². The molecule has 0 aliphatic rings. The van der Waals surface area contributed by atoms with Gasteiger partial charge in [-0.25, -0.2) is 4.98 Å². The SMILES string of the molecule is CNc1nc(-c2ccccc2)[nH]c1F. The van der Waals surface area contributed by atoms with Crippen LogP contribution in [0.25, 0.3) is 11.4 Å². The molecule has 0 aliphatic heterocycles. The molecule has 1 aromatic heterocycles. The summed E-state index contributed by atoms with van der Waals surface area (Å²) in [7, 11) is 1.63. The van der Waals surface area contributed by atoms with Crippen molar-refractivity contribution in [3.63, 3.8) is 0 Å². The highest BCUT2D eigenvalue weighted by atomic mass is 19.1. The van der Waals surface area contributed by atoms with E-state index in [0.29, 0.717) is 5.82 Å². The first-order valence-electron chi connectivity index (χ1n) is 4.30. The fourth-order valence-corrected chi connectivity index (χ4v) is 1.25. The van der Waals surface area contributed by atoms with Crippen molar-refractivity contribution in [1.82, 2.24) is 9.97 Å². The molecule has 0 saturated carbocycles. The molecule has 0 radical (unpaired) electrons. The summed E-state index contributed by atoms with van der Waals surface area (Å²) in [6.45, 7) is 0. The number of H-pyrrole nitrogens is 1. The van der Waals surface area contributed by atoms with Gasteiger partial charge in [-0.1, -0.05) is 30.3 Å². The average molecular weight is 191 g/mol. The first-order valence-corrected chi connectivity index (χ1v) is 4.30. The third kappa shape index (κ3) is 1.46. The Hall–Kier alpha value is -1.84. The maximum absolute atomic E-state index is 13.1. The molecule has 72 valence electrons. The van der Waals surface area contributed by atoms with Gasteiger partial charge in [0.15, 0.2) is 5.82 Å². The minimum atomic E-state index is -0.439. The van der Waals surface area contributed by atoms with E-state index in [1.165, 1.54) is 0 Å². The molecular weight excluding hydrogens is 181 g/mol. The highest BCUT2D eigenvalue weighted by Crippen LogP contribution is 2.19. The minimum Gasteiger partial charge on any atom is -0.369 e. The van der Waals surface area contributed by atoms with E-state index >= 15 is 0 Å². The van der Waals surface area contributed by atoms with Crippen molar-refractivity contribution in [3.8, 4) is 11.4 Å². The molecule has 2 aromatic rings. The smallest absolute Gasteiger partial charge is 0.235 e. The topological polar surface area (TPSA) is 40.7 Å². The van der Waals surface area contributed by atoms with E-state index in [1.807, 2.05) is 30.3 Å². The number of imidazole rings is 1. The molecule has 3 nitrogen and oxygen atoms in total. The van der Waals surface area contributed by atoms with Gasteiger partial charge in [0.2, 0.25) is 5.95 Å². The monoisotopic (exact) mass is 191 g/mol. The number of rotatable bonds is 2. The fourth-order valence-electron chi connectivity index (χ4n) is 1.25. The Labute approximate surface area is 81.0 Å². The Bertz CT molecular complexity index is 422. The van der Waals surface area contributed by atoms with Crippen LogP contribution in [0.15, 0.2) is 30.3 Å². The lowest BCUT2D eigenvalue weighted by molar-refractivity contribution is 0.595. The zero-order chi connectivity index (χ0) is 9.97. The molecule has 0 amide bonds. The van der Waals surface area contributed by atoms with Gasteiger partial charge in [0, 0.05) is 12.6 Å². The number of aromatic amines is 1. The summed E-state index contributed by atoms with van der Waals surface area (Å²) in [5.41, 5.74) is 0.868. The van der Waals surface area contributed by atoms with Crippen molar-refractivity contribution < 1.29 is 4.39 Å². The predicted molar refractivity (Wildman–Crippen MR) is 53.5 cm³/mol. The normalized spacial score (nSPS) is 10.1. The molecule has 0 unspecified atom stereocenters. The highest BCUT2D eigenvalue weighted by Gasteiger charge is 2.08. The van der Waals surface area contributed by atoms with Crippen molar-refractivity contribution in [1.29, 1.82) is 0 Å². The summed E-state index contributed by atoms with van der Waals surface area (Å²) in [5, 5.41) is 2.67. The van der Waals surface area contributed by atoms with E-state index in [1.54, 1.807) is 7.05 Å². The van der Waals surface area contributed by atoms with Gasteiger partial charge < -0.3 is 10.3 Å². The number of benzene rings is 1. The van der Waals surface area contributed by atoms with Crippen molar-refractivity contribution in [3.05, 3.63) is 36.3 Å². The third-order valence-corrected chi connectivity index (χ3v) is 1.94. The Kier molecular flexibility index (Phi) is 2.18. The van der Waals surface area contributed by atoms with Crippen molar-refractivity contribution in [2.45, 2.75) is 0 Å². The van der Waals surface area contributed by atoms with Crippen LogP contribution >= 0.6 is 0 Å². The van der Waals surface area contributed by atoms with Crippen LogP contribution in [0.5, 0.6) is 0 Å². The Morgan fingerprint density at radius 3 is 2.57 bits per heavy atom. The maximum atomic E-state index is 13.1. The largest absolute Gasteiger partial charge is 0.369 e. The highest BCUT2D eigenvalue weighted by molar-refractivity contribution is 5.57. The molecule has 0 bridgehead atoms. The zero-order valence-corrected chi connectivity index (χ0v) is 7.71. The quantitative estimate of drug-likeness (QED) is 0.764. The summed E-state index contributed by atoms with van der Waals surface area (Å²) in [5.74, 6) is 0.336. The predicted octanol–water partition coefficient (Wildman–Crippen LogP) is 2.26. The number of nitrogens with one attached hydrogen (secondary N) is 2. The number of anilines is 1. The second kappa shape index (κ2) is 3.49. The first-order chi connectivity index (χ1) is 6.81. The number of nitrogens with zero attached hydrogens (tertiary/aromatic N) is 1. The van der Waals surface area contributed by atoms with Crippen LogP contribution in [0.1, 0.15) is 0 Å². The molecule has 2 rings (SSSR count). The van der Waals surface area contributed by atoms with E-state index in [2.05, 4.69) is 15.3 Å². The molecule has 0 spiro atoms. The van der Waals surface area contributed by atoms with Crippen molar-refractivity contribution in [2.75, 3.05) is 12.4 Å². The third-order valence-electron chi connectivity index (χ3n) is 1.94. The molecule has 0 saturated heterocycles. The molecule has 4 heteroatoms. The molecule has 0 atom stereocenters. The summed E-state index contributed by atoms with van der Waals surface area (Å²) in [4.78, 5) is 6.63. The summed E-state index contributed by atoms with van der Waals surface area (Å²) in [6.07, 6.45) is 0. The minimum absolute atomic E-state index is 0.240. The second-order valence-electron chi connectivity index (χ2n) is 2.86. The Balaban J connectivity index is 2.43. The van der Waals surface area contributed by atoms with Crippen LogP contribution in [0, 0.1) is 5.95 Å². The molecule has 0 fully saturated rings. The molecule has 0 aliphatic carbocycles. The van der Waals surface area contributed by atoms with Crippen LogP contribution in [0.2, 0.25) is 0 Å². The maximum Gasteiger partial charge on any atom is 0.235 e. The van der Waals surface area contributed by atoms with Gasteiger partial charge in [0.1, 0.15) is 5.82 Å². The standard InChI is InChI=1S/C10H10FN3/c1-12-10-8(11)13-9(14-10)7-5-3-2-4-6-7/h2-6,12H,1H3,(H,13,14). The van der Waals surface area contributed by atoms with Gasteiger partial charge in [-0.05, 0) is 0 Å². The molecule has 14 heavy (non-hydrogen) atoms. The van der Waals surface area contributed by atoms with E-state index in [0.717, 1.165) is 5.56 Å². The fraction of sp³-hybridized carbons (Fsp3) is 0.100. The van der Waals surface area contributed by atoms with Crippen molar-refractivity contribution in [2.24, 2.45) is 0 Å². The number of halogens is 1. The average Bonchev–Trinajstić information content (AvgIpc) is 2.61. The van der Waals surface area contributed by atoms with Crippen LogP contribution < -0.4 is 5.32 Å². The molecule has 2 N–H and O–H groups in total. The summed E-state index contributed by atoms with van der Waals surface area (Å²) < 4.78 is 13.1. The molecule has 1 heterocycles. The lowest BCUT2D eigenvalue weighted by Gasteiger charge is -1.93. The van der Waals surface area contributed by atoms with Crippen LogP contribution in [-0.2, 0) is 0 Å². The lowest BCUT2D eigenvalue weighted by atomic mass is 10.2. The van der Waals surface area contributed by atoms with Gasteiger partial charge >= 0.3 is 0 Å². The van der Waals surface area contributed by atoms with Gasteiger partial charge in [-0.15, -0.1) is 0 Å². The molecule has 1 aromatic carbocycles. The zero-order valence-electron chi connectivity index (χ0n) is 7.71.